The second-order valence-electron chi connectivity index (χ2n) is 8.37. The van der Waals surface area contributed by atoms with Crippen molar-refractivity contribution in [3.8, 4) is 16.9 Å². The maximum atomic E-state index is 13.1. The molecule has 35 heavy (non-hydrogen) atoms. The molecule has 0 radical (unpaired) electrons. The fourth-order valence-corrected chi connectivity index (χ4v) is 5.14. The standard InChI is InChI=1S/C26H24N4O4S/c27-26-21-15-17(5-7-18(21)11-12-29-26)6-10-25(31)30-13-14-34-23-16-19(8-9-22(23)30)20-3-1-2-4-24(20)35(28,32)33/h1-5,7-9,11-12,15-16H,6,10,13-14H2,(H2,27,29)(H2,28,32,33). The molecule has 4 aromatic rings. The molecule has 0 fully saturated rings. The molecule has 1 aromatic heterocycles. The third kappa shape index (κ3) is 4.55. The number of carbonyl (C=O) groups excluding carboxylic acids is 1. The van der Waals surface area contributed by atoms with Gasteiger partial charge < -0.3 is 15.4 Å². The van der Waals surface area contributed by atoms with Gasteiger partial charge in [-0.05, 0) is 53.3 Å². The van der Waals surface area contributed by atoms with Crippen LogP contribution in [0.3, 0.4) is 0 Å². The number of nitrogen functional groups attached to an aromatic ring is 1. The molecule has 0 bridgehead atoms. The first-order valence-electron chi connectivity index (χ1n) is 11.1. The van der Waals surface area contributed by atoms with Crippen LogP contribution in [0.25, 0.3) is 21.9 Å². The molecule has 0 unspecified atom stereocenters. The van der Waals surface area contributed by atoms with Crippen LogP contribution in [0.4, 0.5) is 11.5 Å². The molecule has 0 atom stereocenters. The van der Waals surface area contributed by atoms with E-state index in [0.717, 1.165) is 16.3 Å². The van der Waals surface area contributed by atoms with Gasteiger partial charge in [0.05, 0.1) is 17.1 Å². The normalized spacial score (nSPS) is 13.3. The summed E-state index contributed by atoms with van der Waals surface area (Å²) in [5.41, 5.74) is 8.79. The van der Waals surface area contributed by atoms with Crippen LogP contribution in [0.2, 0.25) is 0 Å². The fourth-order valence-electron chi connectivity index (χ4n) is 4.38. The van der Waals surface area contributed by atoms with Crippen molar-refractivity contribution in [2.24, 2.45) is 5.14 Å². The van der Waals surface area contributed by atoms with Gasteiger partial charge in [-0.2, -0.15) is 0 Å². The van der Waals surface area contributed by atoms with Gasteiger partial charge in [0.2, 0.25) is 15.9 Å². The molecule has 1 aliphatic heterocycles. The maximum Gasteiger partial charge on any atom is 0.238 e. The lowest BCUT2D eigenvalue weighted by Gasteiger charge is -2.30. The van der Waals surface area contributed by atoms with Crippen LogP contribution in [0.15, 0.2) is 77.8 Å². The van der Waals surface area contributed by atoms with E-state index >= 15 is 0 Å². The number of sulfonamides is 1. The Morgan fingerprint density at radius 2 is 1.89 bits per heavy atom. The lowest BCUT2D eigenvalue weighted by atomic mass is 10.0. The Hall–Kier alpha value is -3.95. The number of pyridine rings is 1. The van der Waals surface area contributed by atoms with Gasteiger partial charge in [-0.3, -0.25) is 4.79 Å². The summed E-state index contributed by atoms with van der Waals surface area (Å²) in [5, 5.41) is 7.28. The second-order valence-corrected chi connectivity index (χ2v) is 9.90. The lowest BCUT2D eigenvalue weighted by Crippen LogP contribution is -2.38. The fraction of sp³-hybridized carbons (Fsp3) is 0.154. The number of rotatable bonds is 5. The Morgan fingerprint density at radius 1 is 1.06 bits per heavy atom. The number of anilines is 2. The molecule has 1 amide bonds. The molecule has 0 saturated carbocycles. The van der Waals surface area contributed by atoms with Crippen molar-refractivity contribution in [3.63, 3.8) is 0 Å². The molecule has 2 heterocycles. The predicted molar refractivity (Wildman–Crippen MR) is 136 cm³/mol. The molecule has 0 spiro atoms. The minimum atomic E-state index is -3.89. The van der Waals surface area contributed by atoms with Gasteiger partial charge in [-0.1, -0.05) is 36.4 Å². The van der Waals surface area contributed by atoms with Crippen molar-refractivity contribution in [2.75, 3.05) is 23.8 Å². The minimum Gasteiger partial charge on any atom is -0.490 e. The van der Waals surface area contributed by atoms with E-state index in [4.69, 9.17) is 15.6 Å². The van der Waals surface area contributed by atoms with Crippen molar-refractivity contribution >= 4 is 38.2 Å². The molecule has 3 aromatic carbocycles. The van der Waals surface area contributed by atoms with Gasteiger partial charge in [0, 0.05) is 23.6 Å². The molecule has 1 aliphatic rings. The van der Waals surface area contributed by atoms with Crippen LogP contribution in [0.5, 0.6) is 5.75 Å². The summed E-state index contributed by atoms with van der Waals surface area (Å²) < 4.78 is 29.9. The largest absolute Gasteiger partial charge is 0.490 e. The highest BCUT2D eigenvalue weighted by Crippen LogP contribution is 2.37. The summed E-state index contributed by atoms with van der Waals surface area (Å²) in [4.78, 5) is 19.0. The Bertz CT molecular complexity index is 1550. The van der Waals surface area contributed by atoms with E-state index in [-0.39, 0.29) is 10.8 Å². The number of benzene rings is 3. The van der Waals surface area contributed by atoms with Gasteiger partial charge >= 0.3 is 0 Å². The van der Waals surface area contributed by atoms with Crippen molar-refractivity contribution in [1.29, 1.82) is 0 Å². The van der Waals surface area contributed by atoms with E-state index in [9.17, 15) is 13.2 Å². The van der Waals surface area contributed by atoms with E-state index in [1.54, 1.807) is 47.5 Å². The predicted octanol–water partition coefficient (Wildman–Crippen LogP) is 3.49. The zero-order chi connectivity index (χ0) is 24.6. The van der Waals surface area contributed by atoms with Crippen LogP contribution in [-0.2, 0) is 21.2 Å². The van der Waals surface area contributed by atoms with Crippen LogP contribution >= 0.6 is 0 Å². The maximum absolute atomic E-state index is 13.1. The van der Waals surface area contributed by atoms with Gasteiger partial charge in [-0.25, -0.2) is 18.5 Å². The number of nitrogens with zero attached hydrogens (tertiary/aromatic N) is 2. The number of aromatic nitrogens is 1. The van der Waals surface area contributed by atoms with Crippen molar-refractivity contribution in [2.45, 2.75) is 17.7 Å². The Labute approximate surface area is 203 Å². The Balaban J connectivity index is 1.37. The zero-order valence-electron chi connectivity index (χ0n) is 18.8. The first-order chi connectivity index (χ1) is 16.8. The monoisotopic (exact) mass is 488 g/mol. The third-order valence-corrected chi connectivity index (χ3v) is 7.09. The van der Waals surface area contributed by atoms with Crippen molar-refractivity contribution in [3.05, 3.63) is 78.5 Å². The summed E-state index contributed by atoms with van der Waals surface area (Å²) in [6, 6.07) is 19.7. The van der Waals surface area contributed by atoms with Crippen LogP contribution in [0.1, 0.15) is 12.0 Å². The highest BCUT2D eigenvalue weighted by molar-refractivity contribution is 7.89. The number of ether oxygens (including phenoxy) is 1. The summed E-state index contributed by atoms with van der Waals surface area (Å²) in [6.07, 6.45) is 2.56. The Morgan fingerprint density at radius 3 is 2.71 bits per heavy atom. The SMILES string of the molecule is Nc1nccc2ccc(CCC(=O)N3CCOc4cc(-c5ccccc5S(N)(=O)=O)ccc43)cc12. The number of nitrogens with two attached hydrogens (primary N) is 2. The highest BCUT2D eigenvalue weighted by atomic mass is 32.2. The second kappa shape index (κ2) is 9.01. The number of hydrogen-bond donors (Lipinski definition) is 2. The zero-order valence-corrected chi connectivity index (χ0v) is 19.7. The van der Waals surface area contributed by atoms with Gasteiger partial charge in [0.15, 0.2) is 0 Å². The summed E-state index contributed by atoms with van der Waals surface area (Å²) in [7, 11) is -3.89. The first kappa shape index (κ1) is 22.8. The first-order valence-corrected chi connectivity index (χ1v) is 12.7. The Kier molecular flexibility index (Phi) is 5.88. The van der Waals surface area contributed by atoms with E-state index < -0.39 is 10.0 Å². The highest BCUT2D eigenvalue weighted by Gasteiger charge is 2.25. The van der Waals surface area contributed by atoms with Gasteiger partial charge in [-0.15, -0.1) is 0 Å². The summed E-state index contributed by atoms with van der Waals surface area (Å²) >= 11 is 0. The van der Waals surface area contributed by atoms with E-state index in [1.165, 1.54) is 6.07 Å². The third-order valence-electron chi connectivity index (χ3n) is 6.12. The minimum absolute atomic E-state index is 0.0218. The molecular formula is C26H24N4O4S. The van der Waals surface area contributed by atoms with Gasteiger partial charge in [0.25, 0.3) is 0 Å². The molecule has 0 saturated heterocycles. The average Bonchev–Trinajstić information content (AvgIpc) is 2.86. The molecule has 4 N–H and O–H groups in total. The summed E-state index contributed by atoms with van der Waals surface area (Å²) in [6.45, 7) is 0.782. The van der Waals surface area contributed by atoms with Gasteiger partial charge in [0.1, 0.15) is 18.2 Å². The number of primary sulfonamides is 1. The number of aryl methyl sites for hydroxylation is 1. The smallest absolute Gasteiger partial charge is 0.238 e. The lowest BCUT2D eigenvalue weighted by molar-refractivity contribution is -0.118. The van der Waals surface area contributed by atoms with E-state index in [1.807, 2.05) is 24.3 Å². The van der Waals surface area contributed by atoms with Crippen molar-refractivity contribution in [1.82, 2.24) is 4.98 Å². The number of amides is 1. The number of carbonyl (C=O) groups is 1. The molecule has 5 rings (SSSR count). The van der Waals surface area contributed by atoms with Crippen LogP contribution in [0, 0.1) is 0 Å². The number of fused-ring (bicyclic) bond motifs is 2. The average molecular weight is 489 g/mol. The van der Waals surface area contributed by atoms with E-state index in [2.05, 4.69) is 4.98 Å². The molecule has 8 nitrogen and oxygen atoms in total. The van der Waals surface area contributed by atoms with Crippen LogP contribution in [-0.4, -0.2) is 32.5 Å². The molecular weight excluding hydrogens is 464 g/mol. The number of hydrogen-bond acceptors (Lipinski definition) is 6. The van der Waals surface area contributed by atoms with E-state index in [0.29, 0.717) is 54.4 Å². The van der Waals surface area contributed by atoms with Crippen molar-refractivity contribution < 1.29 is 17.9 Å². The van der Waals surface area contributed by atoms with Crippen LogP contribution < -0.4 is 20.5 Å². The molecule has 0 aliphatic carbocycles. The topological polar surface area (TPSA) is 129 Å². The molecule has 178 valence electrons. The quantitative estimate of drug-likeness (QED) is 0.442. The summed E-state index contributed by atoms with van der Waals surface area (Å²) in [5.74, 6) is 0.972. The molecule has 9 heteroatoms.